The molecule has 6 heteroatoms. The van der Waals surface area contributed by atoms with E-state index in [2.05, 4.69) is 5.32 Å². The van der Waals surface area contributed by atoms with Crippen LogP contribution in [0.1, 0.15) is 21.5 Å². The Kier molecular flexibility index (Phi) is 4.52. The highest BCUT2D eigenvalue weighted by Gasteiger charge is 2.17. The number of nitrogens with one attached hydrogen (secondary N) is 1. The van der Waals surface area contributed by atoms with Crippen molar-refractivity contribution in [3.63, 3.8) is 0 Å². The Hall–Kier alpha value is -1.75. The molecular weight excluding hydrogens is 325 g/mol. The van der Waals surface area contributed by atoms with Gasteiger partial charge in [-0.15, -0.1) is 0 Å². The second-order valence-electron chi connectivity index (χ2n) is 4.85. The van der Waals surface area contributed by atoms with Gasteiger partial charge in [0.15, 0.2) is 6.79 Å². The smallest absolute Gasteiger partial charge is 0.251 e. The summed E-state index contributed by atoms with van der Waals surface area (Å²) in [6.07, 6.45) is 0. The van der Waals surface area contributed by atoms with Gasteiger partial charge in [-0.25, -0.2) is 0 Å². The van der Waals surface area contributed by atoms with Crippen LogP contribution in [-0.4, -0.2) is 12.7 Å². The lowest BCUT2D eigenvalue weighted by Gasteiger charge is -2.21. The van der Waals surface area contributed by atoms with E-state index in [1.165, 1.54) is 0 Å². The summed E-state index contributed by atoms with van der Waals surface area (Å²) in [4.78, 5) is 12.1. The molecule has 0 aromatic heterocycles. The number of benzene rings is 2. The highest BCUT2D eigenvalue weighted by Crippen LogP contribution is 2.31. The molecule has 1 aliphatic heterocycles. The Morgan fingerprint density at radius 3 is 2.68 bits per heavy atom. The standard InChI is InChI=1S/C16H13Cl2NO3/c17-13-3-1-10(2-4-13)16(20)19-7-11-5-14(18)6-12-8-21-9-22-15(11)12/h1-6H,7-9H2,(H,19,20). The highest BCUT2D eigenvalue weighted by molar-refractivity contribution is 6.31. The molecule has 0 bridgehead atoms. The summed E-state index contributed by atoms with van der Waals surface area (Å²) < 4.78 is 10.7. The van der Waals surface area contributed by atoms with Crippen molar-refractivity contribution in [3.8, 4) is 5.75 Å². The quantitative estimate of drug-likeness (QED) is 0.926. The van der Waals surface area contributed by atoms with E-state index in [4.69, 9.17) is 32.7 Å². The number of hydrogen-bond acceptors (Lipinski definition) is 3. The SMILES string of the molecule is O=C(NCc1cc(Cl)cc2c1OCOC2)c1ccc(Cl)cc1. The van der Waals surface area contributed by atoms with Crippen LogP contribution in [0.4, 0.5) is 0 Å². The van der Waals surface area contributed by atoms with Crippen LogP contribution >= 0.6 is 23.2 Å². The van der Waals surface area contributed by atoms with Crippen LogP contribution in [0.15, 0.2) is 36.4 Å². The van der Waals surface area contributed by atoms with Crippen LogP contribution in [0.5, 0.6) is 5.75 Å². The van der Waals surface area contributed by atoms with Crippen molar-refractivity contribution in [2.24, 2.45) is 0 Å². The van der Waals surface area contributed by atoms with Crippen LogP contribution in [-0.2, 0) is 17.9 Å². The number of amides is 1. The molecular formula is C16H13Cl2NO3. The molecule has 0 radical (unpaired) electrons. The third-order valence-electron chi connectivity index (χ3n) is 3.30. The summed E-state index contributed by atoms with van der Waals surface area (Å²) in [5.41, 5.74) is 2.26. The van der Waals surface area contributed by atoms with Gasteiger partial charge < -0.3 is 14.8 Å². The van der Waals surface area contributed by atoms with Gasteiger partial charge in [-0.05, 0) is 36.4 Å². The van der Waals surface area contributed by atoms with Gasteiger partial charge in [0.25, 0.3) is 5.91 Å². The zero-order valence-electron chi connectivity index (χ0n) is 11.6. The van der Waals surface area contributed by atoms with Gasteiger partial charge in [0.2, 0.25) is 0 Å². The fourth-order valence-electron chi connectivity index (χ4n) is 2.27. The lowest BCUT2D eigenvalue weighted by molar-refractivity contribution is -0.0170. The van der Waals surface area contributed by atoms with Crippen molar-refractivity contribution in [3.05, 3.63) is 63.1 Å². The first-order valence-electron chi connectivity index (χ1n) is 6.69. The number of carbonyl (C=O) groups excluding carboxylic acids is 1. The molecule has 0 saturated heterocycles. The fraction of sp³-hybridized carbons (Fsp3) is 0.188. The first kappa shape index (κ1) is 15.2. The zero-order chi connectivity index (χ0) is 15.5. The molecule has 0 atom stereocenters. The van der Waals surface area contributed by atoms with Crippen molar-refractivity contribution in [2.75, 3.05) is 6.79 Å². The van der Waals surface area contributed by atoms with E-state index < -0.39 is 0 Å². The first-order valence-corrected chi connectivity index (χ1v) is 7.44. The molecule has 0 fully saturated rings. The summed E-state index contributed by atoms with van der Waals surface area (Å²) >= 11 is 11.9. The van der Waals surface area contributed by atoms with Gasteiger partial charge in [-0.3, -0.25) is 4.79 Å². The minimum absolute atomic E-state index is 0.183. The predicted molar refractivity (Wildman–Crippen MR) is 84.4 cm³/mol. The average Bonchev–Trinajstić information content (AvgIpc) is 2.52. The van der Waals surface area contributed by atoms with Crippen molar-refractivity contribution < 1.29 is 14.3 Å². The van der Waals surface area contributed by atoms with Gasteiger partial charge in [-0.2, -0.15) is 0 Å². The van der Waals surface area contributed by atoms with E-state index in [-0.39, 0.29) is 12.7 Å². The third-order valence-corrected chi connectivity index (χ3v) is 3.77. The minimum atomic E-state index is -0.183. The molecule has 114 valence electrons. The Morgan fingerprint density at radius 2 is 1.91 bits per heavy atom. The predicted octanol–water partition coefficient (Wildman–Crippen LogP) is 3.79. The molecule has 0 unspecified atom stereocenters. The summed E-state index contributed by atoms with van der Waals surface area (Å²) in [6, 6.07) is 10.3. The Labute approximate surface area is 137 Å². The van der Waals surface area contributed by atoms with Crippen molar-refractivity contribution in [1.82, 2.24) is 5.32 Å². The lowest BCUT2D eigenvalue weighted by Crippen LogP contribution is -2.24. The molecule has 0 saturated carbocycles. The maximum Gasteiger partial charge on any atom is 0.251 e. The molecule has 4 nitrogen and oxygen atoms in total. The molecule has 0 spiro atoms. The van der Waals surface area contributed by atoms with Gasteiger partial charge in [-0.1, -0.05) is 23.2 Å². The van der Waals surface area contributed by atoms with E-state index in [9.17, 15) is 4.79 Å². The van der Waals surface area contributed by atoms with Crippen LogP contribution in [0.2, 0.25) is 10.0 Å². The van der Waals surface area contributed by atoms with Gasteiger partial charge in [0.05, 0.1) is 6.61 Å². The van der Waals surface area contributed by atoms with Crippen LogP contribution in [0.25, 0.3) is 0 Å². The van der Waals surface area contributed by atoms with Gasteiger partial charge >= 0.3 is 0 Å². The van der Waals surface area contributed by atoms with E-state index in [0.717, 1.165) is 16.9 Å². The van der Waals surface area contributed by atoms with E-state index >= 15 is 0 Å². The summed E-state index contributed by atoms with van der Waals surface area (Å²) in [5, 5.41) is 4.03. The van der Waals surface area contributed by atoms with E-state index in [0.29, 0.717) is 28.8 Å². The maximum atomic E-state index is 12.1. The largest absolute Gasteiger partial charge is 0.467 e. The molecule has 1 aliphatic rings. The summed E-state index contributed by atoms with van der Waals surface area (Å²) in [7, 11) is 0. The second-order valence-corrected chi connectivity index (χ2v) is 5.73. The summed E-state index contributed by atoms with van der Waals surface area (Å²) in [6.45, 7) is 0.977. The van der Waals surface area contributed by atoms with Crippen LogP contribution in [0, 0.1) is 0 Å². The van der Waals surface area contributed by atoms with E-state index in [1.807, 2.05) is 0 Å². The fourth-order valence-corrected chi connectivity index (χ4v) is 2.66. The van der Waals surface area contributed by atoms with Crippen LogP contribution in [0.3, 0.4) is 0 Å². The first-order chi connectivity index (χ1) is 10.6. The minimum Gasteiger partial charge on any atom is -0.467 e. The van der Waals surface area contributed by atoms with Crippen molar-refractivity contribution >= 4 is 29.1 Å². The number of hydrogen-bond donors (Lipinski definition) is 1. The van der Waals surface area contributed by atoms with Crippen molar-refractivity contribution in [2.45, 2.75) is 13.2 Å². The van der Waals surface area contributed by atoms with Crippen LogP contribution < -0.4 is 10.1 Å². The molecule has 22 heavy (non-hydrogen) atoms. The molecule has 1 N–H and O–H groups in total. The normalized spacial score (nSPS) is 13.2. The van der Waals surface area contributed by atoms with Crippen molar-refractivity contribution in [1.29, 1.82) is 0 Å². The molecule has 0 aliphatic carbocycles. The Balaban J connectivity index is 1.75. The average molecular weight is 338 g/mol. The second kappa shape index (κ2) is 6.57. The Morgan fingerprint density at radius 1 is 1.14 bits per heavy atom. The summed E-state index contributed by atoms with van der Waals surface area (Å²) in [5.74, 6) is 0.546. The monoisotopic (exact) mass is 337 g/mol. The molecule has 1 heterocycles. The highest BCUT2D eigenvalue weighted by atomic mass is 35.5. The Bertz CT molecular complexity index is 701. The van der Waals surface area contributed by atoms with Gasteiger partial charge in [0, 0.05) is 33.3 Å². The van der Waals surface area contributed by atoms with E-state index in [1.54, 1.807) is 36.4 Å². The molecule has 2 aromatic carbocycles. The third kappa shape index (κ3) is 3.35. The lowest BCUT2D eigenvalue weighted by atomic mass is 10.1. The number of halogens is 2. The molecule has 2 aromatic rings. The number of carbonyl (C=O) groups is 1. The molecule has 1 amide bonds. The number of fused-ring (bicyclic) bond motifs is 1. The number of ether oxygens (including phenoxy) is 2. The maximum absolute atomic E-state index is 12.1. The van der Waals surface area contributed by atoms with Gasteiger partial charge in [0.1, 0.15) is 5.75 Å². The number of rotatable bonds is 3. The zero-order valence-corrected chi connectivity index (χ0v) is 13.1. The molecule has 3 rings (SSSR count). The topological polar surface area (TPSA) is 47.6 Å².